The summed E-state index contributed by atoms with van der Waals surface area (Å²) in [4.78, 5) is 24.8. The molecular formula is C16H24N2O7S. The molecule has 0 aromatic carbocycles. The van der Waals surface area contributed by atoms with E-state index in [1.165, 1.54) is 17.1 Å². The van der Waals surface area contributed by atoms with Crippen LogP contribution in [0.2, 0.25) is 0 Å². The molecule has 0 saturated carbocycles. The lowest BCUT2D eigenvalue weighted by molar-refractivity contribution is 0.109. The van der Waals surface area contributed by atoms with Crippen LogP contribution >= 0.6 is 0 Å². The van der Waals surface area contributed by atoms with Gasteiger partial charge in [-0.1, -0.05) is 37.5 Å². The Hall–Kier alpha value is -2.33. The zero-order chi connectivity index (χ0) is 19.6. The molecule has 10 heteroatoms. The summed E-state index contributed by atoms with van der Waals surface area (Å²) in [6, 6.07) is -0.426. The fourth-order valence-electron chi connectivity index (χ4n) is 2.30. The van der Waals surface area contributed by atoms with E-state index in [2.05, 4.69) is 18.5 Å². The topological polar surface area (TPSA) is 111 Å². The van der Waals surface area contributed by atoms with Gasteiger partial charge in [0.1, 0.15) is 13.2 Å². The van der Waals surface area contributed by atoms with Crippen LogP contribution in [-0.4, -0.2) is 70.2 Å². The first kappa shape index (κ1) is 21.7. The molecule has 0 bridgehead atoms. The summed E-state index contributed by atoms with van der Waals surface area (Å²) >= 11 is 0. The van der Waals surface area contributed by atoms with Crippen molar-refractivity contribution >= 4 is 22.3 Å². The van der Waals surface area contributed by atoms with E-state index in [9.17, 15) is 18.0 Å². The van der Waals surface area contributed by atoms with E-state index in [1.807, 2.05) is 0 Å². The fourth-order valence-corrected chi connectivity index (χ4v) is 2.94. The number of ether oxygens (including phenoxy) is 2. The molecule has 1 aliphatic rings. The molecule has 0 aromatic rings. The van der Waals surface area contributed by atoms with Crippen LogP contribution in [-0.2, 0) is 23.8 Å². The third-order valence-electron chi connectivity index (χ3n) is 3.23. The van der Waals surface area contributed by atoms with Gasteiger partial charge in [-0.05, 0) is 0 Å². The Kier molecular flexibility index (Phi) is 8.86. The van der Waals surface area contributed by atoms with Crippen molar-refractivity contribution in [2.24, 2.45) is 0 Å². The van der Waals surface area contributed by atoms with Crippen molar-refractivity contribution in [1.82, 2.24) is 10.2 Å². The van der Waals surface area contributed by atoms with E-state index in [1.54, 1.807) is 12.2 Å². The van der Waals surface area contributed by atoms with Crippen molar-refractivity contribution in [3.63, 3.8) is 0 Å². The average Bonchev–Trinajstić information content (AvgIpc) is 2.95. The molecule has 0 unspecified atom stereocenters. The van der Waals surface area contributed by atoms with Crippen LogP contribution in [0.4, 0.5) is 9.59 Å². The highest BCUT2D eigenvalue weighted by atomic mass is 32.2. The highest BCUT2D eigenvalue weighted by Gasteiger charge is 2.36. The first-order valence-electron chi connectivity index (χ1n) is 7.87. The molecule has 1 N–H and O–H groups in total. The van der Waals surface area contributed by atoms with E-state index < -0.39 is 34.5 Å². The van der Waals surface area contributed by atoms with Gasteiger partial charge >= 0.3 is 12.2 Å². The zero-order valence-corrected chi connectivity index (χ0v) is 15.4. The second-order valence-electron chi connectivity index (χ2n) is 5.44. The summed E-state index contributed by atoms with van der Waals surface area (Å²) in [5.74, 6) is 0. The molecule has 0 aliphatic carbocycles. The van der Waals surface area contributed by atoms with Crippen LogP contribution in [0.25, 0.3) is 0 Å². The number of nitrogens with one attached hydrogen (secondary N) is 1. The number of rotatable bonds is 9. The number of hydrogen-bond acceptors (Lipinski definition) is 7. The van der Waals surface area contributed by atoms with Crippen LogP contribution in [0.5, 0.6) is 0 Å². The van der Waals surface area contributed by atoms with Gasteiger partial charge in [-0.15, -0.1) is 0 Å². The maximum Gasteiger partial charge on any atom is 0.410 e. The Morgan fingerprint density at radius 3 is 2.50 bits per heavy atom. The maximum atomic E-state index is 12.1. The quantitative estimate of drug-likeness (QED) is 0.466. The molecular weight excluding hydrogens is 364 g/mol. The minimum atomic E-state index is -3.64. The van der Waals surface area contributed by atoms with Crippen LogP contribution in [0.1, 0.15) is 6.42 Å². The van der Waals surface area contributed by atoms with Gasteiger partial charge < -0.3 is 14.8 Å². The molecule has 0 spiro atoms. The zero-order valence-electron chi connectivity index (χ0n) is 14.6. The Labute approximate surface area is 153 Å². The smallest absolute Gasteiger partial charge is 0.410 e. The lowest BCUT2D eigenvalue weighted by Gasteiger charge is -2.21. The number of amides is 2. The summed E-state index contributed by atoms with van der Waals surface area (Å²) in [5.41, 5.74) is 0. The average molecular weight is 388 g/mol. The molecule has 26 heavy (non-hydrogen) atoms. The minimum Gasteiger partial charge on any atom is -0.445 e. The summed E-state index contributed by atoms with van der Waals surface area (Å²) in [5, 5.41) is 2.50. The normalized spacial score (nSPS) is 20.0. The summed E-state index contributed by atoms with van der Waals surface area (Å²) in [6.07, 6.45) is 5.57. The van der Waals surface area contributed by atoms with Crippen molar-refractivity contribution in [2.45, 2.75) is 18.6 Å². The summed E-state index contributed by atoms with van der Waals surface area (Å²) < 4.78 is 37.3. The van der Waals surface area contributed by atoms with Gasteiger partial charge in [0.15, 0.2) is 0 Å². The molecule has 2 atom stereocenters. The SMILES string of the molecule is C=CCOC(=O)NCC=C[C@@H]1C[C@@H](OS(C)(=O)=O)CN1C(=O)OCC=C. The molecule has 146 valence electrons. The van der Waals surface area contributed by atoms with E-state index in [4.69, 9.17) is 13.7 Å². The van der Waals surface area contributed by atoms with Crippen molar-refractivity contribution in [3.05, 3.63) is 37.5 Å². The van der Waals surface area contributed by atoms with Gasteiger partial charge in [0, 0.05) is 13.0 Å². The standard InChI is InChI=1S/C16H24N2O7S/c1-4-9-23-15(19)17-8-6-7-13-11-14(25-26(3,21)22)12-18(13)16(20)24-10-5-2/h4-7,13-14H,1-2,8-12H2,3H3,(H,17,19)/t13-,14-/m1/s1. The number of nitrogens with zero attached hydrogens (tertiary/aromatic N) is 1. The predicted molar refractivity (Wildman–Crippen MR) is 95.1 cm³/mol. The fraction of sp³-hybridized carbons (Fsp3) is 0.500. The van der Waals surface area contributed by atoms with E-state index in [-0.39, 0.29) is 32.7 Å². The molecule has 0 radical (unpaired) electrons. The van der Waals surface area contributed by atoms with Crippen molar-refractivity contribution in [1.29, 1.82) is 0 Å². The third kappa shape index (κ3) is 8.17. The Balaban J connectivity index is 2.65. The van der Waals surface area contributed by atoms with Crippen molar-refractivity contribution < 1.29 is 31.7 Å². The van der Waals surface area contributed by atoms with E-state index in [0.717, 1.165) is 6.26 Å². The predicted octanol–water partition coefficient (Wildman–Crippen LogP) is 1.20. The first-order chi connectivity index (χ1) is 12.3. The maximum absolute atomic E-state index is 12.1. The molecule has 1 aliphatic heterocycles. The second-order valence-corrected chi connectivity index (χ2v) is 7.04. The van der Waals surface area contributed by atoms with Gasteiger partial charge in [-0.3, -0.25) is 9.08 Å². The van der Waals surface area contributed by atoms with Crippen LogP contribution in [0.15, 0.2) is 37.5 Å². The number of carbonyl (C=O) groups is 2. The number of hydrogen-bond donors (Lipinski definition) is 1. The van der Waals surface area contributed by atoms with Gasteiger partial charge in [0.2, 0.25) is 0 Å². The summed E-state index contributed by atoms with van der Waals surface area (Å²) in [7, 11) is -3.64. The Bertz CT molecular complexity index is 645. The van der Waals surface area contributed by atoms with Crippen LogP contribution in [0.3, 0.4) is 0 Å². The lowest BCUT2D eigenvalue weighted by Crippen LogP contribution is -2.36. The Morgan fingerprint density at radius 1 is 1.23 bits per heavy atom. The van der Waals surface area contributed by atoms with E-state index in [0.29, 0.717) is 0 Å². The van der Waals surface area contributed by atoms with Crippen LogP contribution < -0.4 is 5.32 Å². The number of carbonyl (C=O) groups excluding carboxylic acids is 2. The van der Waals surface area contributed by atoms with E-state index >= 15 is 0 Å². The lowest BCUT2D eigenvalue weighted by atomic mass is 10.2. The largest absolute Gasteiger partial charge is 0.445 e. The second kappa shape index (κ2) is 10.6. The monoisotopic (exact) mass is 388 g/mol. The Morgan fingerprint density at radius 2 is 1.88 bits per heavy atom. The molecule has 0 aromatic heterocycles. The molecule has 1 heterocycles. The van der Waals surface area contributed by atoms with Crippen molar-refractivity contribution in [2.75, 3.05) is 32.6 Å². The molecule has 1 rings (SSSR count). The summed E-state index contributed by atoms with van der Waals surface area (Å²) in [6.45, 7) is 7.30. The van der Waals surface area contributed by atoms with Crippen LogP contribution in [0, 0.1) is 0 Å². The molecule has 1 fully saturated rings. The van der Waals surface area contributed by atoms with Gasteiger partial charge in [0.05, 0.1) is 24.9 Å². The highest BCUT2D eigenvalue weighted by Crippen LogP contribution is 2.23. The first-order valence-corrected chi connectivity index (χ1v) is 9.69. The van der Waals surface area contributed by atoms with Gasteiger partial charge in [0.25, 0.3) is 10.1 Å². The van der Waals surface area contributed by atoms with Gasteiger partial charge in [-0.2, -0.15) is 8.42 Å². The number of alkyl carbamates (subject to hydrolysis) is 1. The number of likely N-dealkylation sites (tertiary alicyclic amines) is 1. The molecule has 1 saturated heterocycles. The highest BCUT2D eigenvalue weighted by molar-refractivity contribution is 7.86. The van der Waals surface area contributed by atoms with Gasteiger partial charge in [-0.25, -0.2) is 9.59 Å². The van der Waals surface area contributed by atoms with Crippen molar-refractivity contribution in [3.8, 4) is 0 Å². The third-order valence-corrected chi connectivity index (χ3v) is 3.85. The molecule has 2 amide bonds. The minimum absolute atomic E-state index is 0.0417. The molecule has 9 nitrogen and oxygen atoms in total.